The zero-order chi connectivity index (χ0) is 48.7. The average molecular weight is 942 g/mol. The molecule has 396 valence electrons. The molecule has 2 rings (SSSR count). The minimum absolute atomic E-state index is 1.29. The smallest absolute Gasteiger partial charge is 0.0276 e. The molecule has 68 heavy (non-hydrogen) atoms. The maximum atomic E-state index is 2.41. The molecular weight excluding hydrogens is 817 g/mol. The third kappa shape index (κ3) is 44.4. The molecule has 0 aromatic heterocycles. The molecule has 0 aliphatic rings. The normalized spacial score (nSPS) is 11.4. The topological polar surface area (TPSA) is 0 Å². The van der Waals surface area contributed by atoms with Crippen molar-refractivity contribution < 1.29 is 0 Å². The standard InChI is InChI=1S/C42H78.C26H46/c1-3-5-7-9-11-13-15-17-19-21-23-25-27-29-31-33-37-41-39-35-36-40-42(41)38-34-32-30-28-26-24-22-20-18-16-14-12-10-8-6-4-2;1-3-5-7-9-11-13-15-17-21-25-23-19-20-24-26(25)22-18-16-14-12-10-8-6-4-2/h35-36,39-40H,3-34,37-38H2,1-2H3;19-20,23-24H,3-18,21-22H2,1-2H3. The Balaban J connectivity index is 0.000000760. The lowest BCUT2D eigenvalue weighted by atomic mass is 9.96. The molecule has 0 aliphatic carbocycles. The van der Waals surface area contributed by atoms with E-state index in [0.717, 1.165) is 0 Å². The summed E-state index contributed by atoms with van der Waals surface area (Å²) in [5, 5.41) is 0. The molecule has 0 aliphatic heterocycles. The van der Waals surface area contributed by atoms with Crippen LogP contribution in [-0.4, -0.2) is 0 Å². The van der Waals surface area contributed by atoms with E-state index in [2.05, 4.69) is 76.2 Å². The Morgan fingerprint density at radius 1 is 0.162 bits per heavy atom. The Bertz CT molecular complexity index is 1130. The molecule has 2 aromatic rings. The third-order valence-corrected chi connectivity index (χ3v) is 15.4. The van der Waals surface area contributed by atoms with Gasteiger partial charge in [0.05, 0.1) is 0 Å². The van der Waals surface area contributed by atoms with E-state index >= 15 is 0 Å². The molecule has 2 aromatic carbocycles. The summed E-state index contributed by atoms with van der Waals surface area (Å²) in [6.45, 7) is 9.21. The lowest BCUT2D eigenvalue weighted by Crippen LogP contribution is -1.95. The molecular formula is C68H124. The van der Waals surface area contributed by atoms with Crippen molar-refractivity contribution in [2.24, 2.45) is 0 Å². The van der Waals surface area contributed by atoms with Gasteiger partial charge < -0.3 is 0 Å². The second-order valence-electron chi connectivity index (χ2n) is 22.1. The number of unbranched alkanes of at least 4 members (excludes halogenated alkanes) is 44. The summed E-state index contributed by atoms with van der Waals surface area (Å²) in [4.78, 5) is 0. The quantitative estimate of drug-likeness (QED) is 0.0580. The molecule has 0 heterocycles. The van der Waals surface area contributed by atoms with Crippen LogP contribution >= 0.6 is 0 Å². The van der Waals surface area contributed by atoms with Gasteiger partial charge in [-0.25, -0.2) is 0 Å². The summed E-state index contributed by atoms with van der Waals surface area (Å²) < 4.78 is 0. The highest BCUT2D eigenvalue weighted by Crippen LogP contribution is 2.21. The summed E-state index contributed by atoms with van der Waals surface area (Å²) in [5.41, 5.74) is 6.54. The minimum atomic E-state index is 1.29. The summed E-state index contributed by atoms with van der Waals surface area (Å²) >= 11 is 0. The van der Waals surface area contributed by atoms with E-state index in [0.29, 0.717) is 0 Å². The van der Waals surface area contributed by atoms with Gasteiger partial charge in [-0.2, -0.15) is 0 Å². The fraction of sp³-hybridized carbons (Fsp3) is 0.824. The van der Waals surface area contributed by atoms with E-state index in [-0.39, 0.29) is 0 Å². The third-order valence-electron chi connectivity index (χ3n) is 15.4. The van der Waals surface area contributed by atoms with Gasteiger partial charge in [-0.05, 0) is 73.6 Å². The molecule has 0 saturated carbocycles. The van der Waals surface area contributed by atoms with Gasteiger partial charge in [0.1, 0.15) is 0 Å². The fourth-order valence-electron chi connectivity index (χ4n) is 10.7. The molecule has 0 bridgehead atoms. The maximum Gasteiger partial charge on any atom is -0.0276 e. The molecule has 0 atom stereocenters. The number of hydrogen-bond acceptors (Lipinski definition) is 0. The van der Waals surface area contributed by atoms with E-state index in [9.17, 15) is 0 Å². The van der Waals surface area contributed by atoms with Crippen LogP contribution < -0.4 is 0 Å². The second kappa shape index (κ2) is 54.8. The first kappa shape index (κ1) is 64.5. The zero-order valence-electron chi connectivity index (χ0n) is 47.4. The lowest BCUT2D eigenvalue weighted by molar-refractivity contribution is 0.528. The van der Waals surface area contributed by atoms with E-state index in [1.165, 1.54) is 334 Å². The Morgan fingerprint density at radius 3 is 0.412 bits per heavy atom. The first-order valence-corrected chi connectivity index (χ1v) is 31.9. The SMILES string of the molecule is CCCCCCCCCCCCCCCCCCc1ccccc1CCCCCCCCCCCCCCCCCC.CCCCCCCCCCc1ccccc1CCCCCCCCCC. The highest BCUT2D eigenvalue weighted by atomic mass is 14.1. The number of benzene rings is 2. The van der Waals surface area contributed by atoms with Crippen molar-refractivity contribution >= 4 is 0 Å². The molecule has 0 nitrogen and oxygen atoms in total. The van der Waals surface area contributed by atoms with E-state index in [1.54, 1.807) is 22.3 Å². The highest BCUT2D eigenvalue weighted by molar-refractivity contribution is 5.28. The van der Waals surface area contributed by atoms with E-state index in [1.807, 2.05) is 0 Å². The summed E-state index contributed by atoms with van der Waals surface area (Å²) in [6.07, 6.45) is 74.4. The molecule has 0 saturated heterocycles. The first-order valence-electron chi connectivity index (χ1n) is 31.9. The van der Waals surface area contributed by atoms with Crippen molar-refractivity contribution in [2.75, 3.05) is 0 Å². The van der Waals surface area contributed by atoms with E-state index < -0.39 is 0 Å². The van der Waals surface area contributed by atoms with Crippen molar-refractivity contribution in [2.45, 2.75) is 362 Å². The van der Waals surface area contributed by atoms with Crippen molar-refractivity contribution in [3.05, 3.63) is 70.8 Å². The molecule has 0 amide bonds. The number of aryl methyl sites for hydroxylation is 4. The van der Waals surface area contributed by atoms with Crippen molar-refractivity contribution in [1.82, 2.24) is 0 Å². The van der Waals surface area contributed by atoms with Gasteiger partial charge in [0.15, 0.2) is 0 Å². The maximum absolute atomic E-state index is 2.41. The van der Waals surface area contributed by atoms with Gasteiger partial charge in [-0.3, -0.25) is 0 Å². The number of hydrogen-bond donors (Lipinski definition) is 0. The molecule has 0 fully saturated rings. The van der Waals surface area contributed by atoms with Crippen LogP contribution in [0.2, 0.25) is 0 Å². The molecule has 0 heteroatoms. The van der Waals surface area contributed by atoms with Crippen LogP contribution in [0, 0.1) is 0 Å². The monoisotopic (exact) mass is 941 g/mol. The van der Waals surface area contributed by atoms with Crippen molar-refractivity contribution in [3.8, 4) is 0 Å². The van der Waals surface area contributed by atoms with Crippen LogP contribution in [0.5, 0.6) is 0 Å². The highest BCUT2D eigenvalue weighted by Gasteiger charge is 2.05. The average Bonchev–Trinajstić information content (AvgIpc) is 3.36. The van der Waals surface area contributed by atoms with Gasteiger partial charge in [-0.1, -0.05) is 359 Å². The predicted octanol–water partition coefficient (Wildman–Crippen LogP) is 24.3. The van der Waals surface area contributed by atoms with Crippen LogP contribution in [0.1, 0.15) is 358 Å². The van der Waals surface area contributed by atoms with Gasteiger partial charge in [0, 0.05) is 0 Å². The second-order valence-corrected chi connectivity index (χ2v) is 22.1. The summed E-state index contributed by atoms with van der Waals surface area (Å²) in [7, 11) is 0. The first-order chi connectivity index (χ1) is 33.8. The van der Waals surface area contributed by atoms with Crippen LogP contribution in [0.25, 0.3) is 0 Å². The van der Waals surface area contributed by atoms with Gasteiger partial charge in [0.25, 0.3) is 0 Å². The van der Waals surface area contributed by atoms with Gasteiger partial charge >= 0.3 is 0 Å². The van der Waals surface area contributed by atoms with Crippen molar-refractivity contribution in [1.29, 1.82) is 0 Å². The summed E-state index contributed by atoms with van der Waals surface area (Å²) in [5.74, 6) is 0. The van der Waals surface area contributed by atoms with Gasteiger partial charge in [-0.15, -0.1) is 0 Å². The largest absolute Gasteiger partial charge is 0.0654 e. The predicted molar refractivity (Wildman–Crippen MR) is 312 cm³/mol. The van der Waals surface area contributed by atoms with E-state index in [4.69, 9.17) is 0 Å². The Kier molecular flexibility index (Phi) is 51.9. The number of rotatable bonds is 52. The minimum Gasteiger partial charge on any atom is -0.0654 e. The van der Waals surface area contributed by atoms with Crippen molar-refractivity contribution in [3.63, 3.8) is 0 Å². The molecule has 0 N–H and O–H groups in total. The molecule has 0 radical (unpaired) electrons. The zero-order valence-corrected chi connectivity index (χ0v) is 47.4. The fourth-order valence-corrected chi connectivity index (χ4v) is 10.7. The van der Waals surface area contributed by atoms with Crippen LogP contribution in [0.4, 0.5) is 0 Å². The van der Waals surface area contributed by atoms with Crippen LogP contribution in [0.3, 0.4) is 0 Å². The summed E-state index contributed by atoms with van der Waals surface area (Å²) in [6, 6.07) is 18.6. The molecule has 0 unspecified atom stereocenters. The Hall–Kier alpha value is -1.56. The molecule has 0 spiro atoms. The van der Waals surface area contributed by atoms with Crippen LogP contribution in [0.15, 0.2) is 48.5 Å². The van der Waals surface area contributed by atoms with Crippen LogP contribution in [-0.2, 0) is 25.7 Å². The Morgan fingerprint density at radius 2 is 0.279 bits per heavy atom. The Labute approximate surface area is 430 Å². The van der Waals surface area contributed by atoms with Gasteiger partial charge in [0.2, 0.25) is 0 Å². The lowest BCUT2D eigenvalue weighted by Gasteiger charge is -2.10.